The zero-order valence-corrected chi connectivity index (χ0v) is 8.66. The molecule has 1 aromatic rings. The number of hydrazine groups is 1. The first-order valence-electron chi connectivity index (χ1n) is 4.67. The number of hydrogen-bond donors (Lipinski definition) is 1. The average molecular weight is 192 g/mol. The fraction of sp³-hybridized carbons (Fsp3) is 0.364. The van der Waals surface area contributed by atoms with Gasteiger partial charge in [0.2, 0.25) is 5.91 Å². The summed E-state index contributed by atoms with van der Waals surface area (Å²) in [6, 6.07) is 8.07. The second-order valence-corrected chi connectivity index (χ2v) is 3.43. The Labute approximate surface area is 84.5 Å². The van der Waals surface area contributed by atoms with Crippen molar-refractivity contribution in [2.75, 3.05) is 7.05 Å². The van der Waals surface area contributed by atoms with Gasteiger partial charge in [0.05, 0.1) is 0 Å². The SMILES string of the molecule is Cc1ccccc1CCC(=O)N(C)N. The molecule has 0 bridgehead atoms. The molecule has 0 aliphatic rings. The summed E-state index contributed by atoms with van der Waals surface area (Å²) in [5.41, 5.74) is 2.43. The third-order valence-corrected chi connectivity index (χ3v) is 2.26. The van der Waals surface area contributed by atoms with Crippen molar-refractivity contribution in [2.45, 2.75) is 19.8 Å². The van der Waals surface area contributed by atoms with Crippen molar-refractivity contribution >= 4 is 5.91 Å². The van der Waals surface area contributed by atoms with Crippen LogP contribution in [0, 0.1) is 6.92 Å². The molecule has 0 radical (unpaired) electrons. The summed E-state index contributed by atoms with van der Waals surface area (Å²) >= 11 is 0. The van der Waals surface area contributed by atoms with Crippen LogP contribution >= 0.6 is 0 Å². The molecule has 0 unspecified atom stereocenters. The second kappa shape index (κ2) is 4.77. The normalized spacial score (nSPS) is 9.93. The molecule has 3 heteroatoms. The van der Waals surface area contributed by atoms with Gasteiger partial charge in [-0.2, -0.15) is 0 Å². The molecule has 0 saturated carbocycles. The van der Waals surface area contributed by atoms with Gasteiger partial charge in [0.15, 0.2) is 0 Å². The molecule has 0 heterocycles. The molecule has 0 aliphatic heterocycles. The monoisotopic (exact) mass is 192 g/mol. The highest BCUT2D eigenvalue weighted by atomic mass is 16.2. The van der Waals surface area contributed by atoms with Gasteiger partial charge in [-0.1, -0.05) is 24.3 Å². The van der Waals surface area contributed by atoms with E-state index in [-0.39, 0.29) is 5.91 Å². The Morgan fingerprint density at radius 1 is 1.43 bits per heavy atom. The first-order valence-corrected chi connectivity index (χ1v) is 4.67. The van der Waals surface area contributed by atoms with Crippen LogP contribution < -0.4 is 5.84 Å². The number of rotatable bonds is 3. The van der Waals surface area contributed by atoms with Gasteiger partial charge in [-0.3, -0.25) is 9.80 Å². The summed E-state index contributed by atoms with van der Waals surface area (Å²) in [5.74, 6) is 5.29. The Kier molecular flexibility index (Phi) is 3.65. The third-order valence-electron chi connectivity index (χ3n) is 2.26. The maximum absolute atomic E-state index is 11.2. The van der Waals surface area contributed by atoms with Gasteiger partial charge in [-0.05, 0) is 24.5 Å². The van der Waals surface area contributed by atoms with Crippen molar-refractivity contribution in [3.05, 3.63) is 35.4 Å². The topological polar surface area (TPSA) is 46.3 Å². The van der Waals surface area contributed by atoms with Gasteiger partial charge in [0.1, 0.15) is 0 Å². The van der Waals surface area contributed by atoms with E-state index in [2.05, 4.69) is 0 Å². The van der Waals surface area contributed by atoms with E-state index < -0.39 is 0 Å². The summed E-state index contributed by atoms with van der Waals surface area (Å²) in [4.78, 5) is 11.2. The fourth-order valence-electron chi connectivity index (χ4n) is 1.31. The van der Waals surface area contributed by atoms with Crippen LogP contribution in [0.2, 0.25) is 0 Å². The summed E-state index contributed by atoms with van der Waals surface area (Å²) in [6.45, 7) is 2.05. The predicted molar refractivity (Wildman–Crippen MR) is 56.5 cm³/mol. The Morgan fingerprint density at radius 3 is 2.64 bits per heavy atom. The van der Waals surface area contributed by atoms with Crippen molar-refractivity contribution in [1.82, 2.24) is 5.01 Å². The number of carbonyl (C=O) groups excluding carboxylic acids is 1. The van der Waals surface area contributed by atoms with Crippen LogP contribution in [0.5, 0.6) is 0 Å². The molecule has 1 amide bonds. The molecule has 14 heavy (non-hydrogen) atoms. The van der Waals surface area contributed by atoms with Crippen LogP contribution in [0.4, 0.5) is 0 Å². The molecule has 1 aromatic carbocycles. The Balaban J connectivity index is 2.54. The standard InChI is InChI=1S/C11H16N2O/c1-9-5-3-4-6-10(9)7-8-11(14)13(2)12/h3-6H,7-8,12H2,1-2H3. The number of nitrogens with zero attached hydrogens (tertiary/aromatic N) is 1. The fourth-order valence-corrected chi connectivity index (χ4v) is 1.31. The van der Waals surface area contributed by atoms with Gasteiger partial charge in [0, 0.05) is 13.5 Å². The van der Waals surface area contributed by atoms with Crippen LogP contribution in [0.25, 0.3) is 0 Å². The number of carbonyl (C=O) groups is 1. The van der Waals surface area contributed by atoms with Gasteiger partial charge in [-0.15, -0.1) is 0 Å². The smallest absolute Gasteiger partial charge is 0.236 e. The van der Waals surface area contributed by atoms with E-state index in [1.807, 2.05) is 31.2 Å². The molecular formula is C11H16N2O. The second-order valence-electron chi connectivity index (χ2n) is 3.43. The third kappa shape index (κ3) is 2.85. The number of aryl methyl sites for hydroxylation is 2. The molecule has 76 valence electrons. The van der Waals surface area contributed by atoms with Gasteiger partial charge < -0.3 is 0 Å². The van der Waals surface area contributed by atoms with Crippen LogP contribution in [0.3, 0.4) is 0 Å². The van der Waals surface area contributed by atoms with Crippen molar-refractivity contribution < 1.29 is 4.79 Å². The first kappa shape index (κ1) is 10.7. The minimum absolute atomic E-state index is 0.0340. The highest BCUT2D eigenvalue weighted by Crippen LogP contribution is 2.09. The Bertz CT molecular complexity index is 321. The number of benzene rings is 1. The average Bonchev–Trinajstić information content (AvgIpc) is 2.16. The van der Waals surface area contributed by atoms with E-state index in [9.17, 15) is 4.79 Å². The quantitative estimate of drug-likeness (QED) is 0.445. The molecule has 2 N–H and O–H groups in total. The Morgan fingerprint density at radius 2 is 2.07 bits per heavy atom. The summed E-state index contributed by atoms with van der Waals surface area (Å²) in [5, 5.41) is 1.14. The van der Waals surface area contributed by atoms with Gasteiger partial charge in [-0.25, -0.2) is 5.84 Å². The van der Waals surface area contributed by atoms with Crippen molar-refractivity contribution in [3.8, 4) is 0 Å². The highest BCUT2D eigenvalue weighted by Gasteiger charge is 2.05. The van der Waals surface area contributed by atoms with Crippen LogP contribution in [-0.4, -0.2) is 18.0 Å². The lowest BCUT2D eigenvalue weighted by molar-refractivity contribution is -0.130. The summed E-state index contributed by atoms with van der Waals surface area (Å²) < 4.78 is 0. The van der Waals surface area contributed by atoms with Crippen LogP contribution in [0.1, 0.15) is 17.5 Å². The molecular weight excluding hydrogens is 176 g/mol. The first-order chi connectivity index (χ1) is 6.61. The van der Waals surface area contributed by atoms with E-state index >= 15 is 0 Å². The largest absolute Gasteiger partial charge is 0.284 e. The maximum atomic E-state index is 11.2. The van der Waals surface area contributed by atoms with Crippen LogP contribution in [0.15, 0.2) is 24.3 Å². The van der Waals surface area contributed by atoms with Gasteiger partial charge in [0.25, 0.3) is 0 Å². The molecule has 0 fully saturated rings. The molecule has 3 nitrogen and oxygen atoms in total. The van der Waals surface area contributed by atoms with E-state index in [0.717, 1.165) is 11.4 Å². The number of nitrogens with two attached hydrogens (primary N) is 1. The van der Waals surface area contributed by atoms with Gasteiger partial charge >= 0.3 is 0 Å². The van der Waals surface area contributed by atoms with E-state index in [4.69, 9.17) is 5.84 Å². The minimum Gasteiger partial charge on any atom is -0.284 e. The summed E-state index contributed by atoms with van der Waals surface area (Å²) in [7, 11) is 1.57. The van der Waals surface area contributed by atoms with Crippen molar-refractivity contribution in [1.29, 1.82) is 0 Å². The summed E-state index contributed by atoms with van der Waals surface area (Å²) in [6.07, 6.45) is 1.23. The Hall–Kier alpha value is -1.35. The minimum atomic E-state index is -0.0340. The maximum Gasteiger partial charge on any atom is 0.236 e. The van der Waals surface area contributed by atoms with E-state index in [1.54, 1.807) is 7.05 Å². The zero-order chi connectivity index (χ0) is 10.6. The van der Waals surface area contributed by atoms with E-state index in [1.165, 1.54) is 11.1 Å². The molecule has 0 aromatic heterocycles. The zero-order valence-electron chi connectivity index (χ0n) is 8.66. The lowest BCUT2D eigenvalue weighted by atomic mass is 10.0. The number of amides is 1. The van der Waals surface area contributed by atoms with Crippen molar-refractivity contribution in [2.24, 2.45) is 5.84 Å². The molecule has 0 atom stereocenters. The molecule has 0 saturated heterocycles. The molecule has 0 aliphatic carbocycles. The number of hydrogen-bond acceptors (Lipinski definition) is 2. The highest BCUT2D eigenvalue weighted by molar-refractivity contribution is 5.75. The molecule has 1 rings (SSSR count). The lowest BCUT2D eigenvalue weighted by Crippen LogP contribution is -2.33. The lowest BCUT2D eigenvalue weighted by Gasteiger charge is -2.10. The van der Waals surface area contributed by atoms with Crippen LogP contribution in [-0.2, 0) is 11.2 Å². The predicted octanol–water partition coefficient (Wildman–Crippen LogP) is 1.26. The molecule has 0 spiro atoms. The van der Waals surface area contributed by atoms with Crippen molar-refractivity contribution in [3.63, 3.8) is 0 Å². The van der Waals surface area contributed by atoms with E-state index in [0.29, 0.717) is 6.42 Å².